The van der Waals surface area contributed by atoms with Crippen LogP contribution in [0.2, 0.25) is 0 Å². The first-order valence-corrected chi connectivity index (χ1v) is 42.2. The van der Waals surface area contributed by atoms with Crippen molar-refractivity contribution in [3.05, 3.63) is 208 Å². The van der Waals surface area contributed by atoms with Crippen LogP contribution in [0, 0.1) is 141 Å². The predicted octanol–water partition coefficient (Wildman–Crippen LogP) is 12.2. The van der Waals surface area contributed by atoms with Gasteiger partial charge in [0.25, 0.3) is 70.4 Å². The topological polar surface area (TPSA) is 413 Å². The summed E-state index contributed by atoms with van der Waals surface area (Å²) in [6, 6.07) is 15.1. The number of Topliss-reactive ketones (excluding diaryl/α,β-unsaturated/α-hetero) is 4. The van der Waals surface area contributed by atoms with E-state index in [1.54, 1.807) is 154 Å². The number of ketones is 4. The summed E-state index contributed by atoms with van der Waals surface area (Å²) in [5.41, 5.74) is 13.2. The highest BCUT2D eigenvalue weighted by Gasteiger charge is 2.56. The van der Waals surface area contributed by atoms with E-state index in [-0.39, 0.29) is 92.4 Å². The number of likely N-dealkylation sites (N-methyl/N-ethyl adjacent to an activating group) is 1. The molecule has 0 saturated heterocycles. The van der Waals surface area contributed by atoms with Crippen LogP contribution < -0.4 is 53.6 Å². The molecule has 4 aliphatic carbocycles. The van der Waals surface area contributed by atoms with Crippen LogP contribution in [0.25, 0.3) is 0 Å². The van der Waals surface area contributed by atoms with E-state index in [1.165, 1.54) is 82.9 Å². The van der Waals surface area contributed by atoms with Gasteiger partial charge >= 0.3 is 0 Å². The Bertz CT molecular complexity index is 5790. The third kappa shape index (κ3) is 22.0. The van der Waals surface area contributed by atoms with Gasteiger partial charge in [-0.2, -0.15) is 0 Å². The number of benzene rings is 4. The Morgan fingerprint density at radius 2 is 0.727 bits per heavy atom. The fourth-order valence-corrected chi connectivity index (χ4v) is 17.3. The maximum absolute atomic E-state index is 13.6. The van der Waals surface area contributed by atoms with Gasteiger partial charge in [0, 0.05) is 92.8 Å². The van der Waals surface area contributed by atoms with Gasteiger partial charge in [-0.1, -0.05) is 48.5 Å². The number of aromatic nitrogens is 4. The lowest BCUT2D eigenvalue weighted by molar-refractivity contribution is -0.133. The van der Waals surface area contributed by atoms with E-state index in [9.17, 15) is 89.8 Å². The highest BCUT2D eigenvalue weighted by Crippen LogP contribution is 2.56. The Labute approximate surface area is 742 Å². The summed E-state index contributed by atoms with van der Waals surface area (Å²) in [7, 11) is 7.92. The number of hydrogen-bond acceptors (Lipinski definition) is 15. The second kappa shape index (κ2) is 40.8. The molecule has 4 aliphatic rings. The molecule has 4 saturated carbocycles. The van der Waals surface area contributed by atoms with Crippen LogP contribution in [0.5, 0.6) is 0 Å². The fourth-order valence-electron chi connectivity index (χ4n) is 17.3. The number of aliphatic hydroxyl groups excluding tert-OH is 1. The minimum atomic E-state index is -0.998. The van der Waals surface area contributed by atoms with E-state index in [0.717, 1.165) is 25.7 Å². The van der Waals surface area contributed by atoms with E-state index < -0.39 is 99.8 Å². The van der Waals surface area contributed by atoms with Gasteiger partial charge in [-0.3, -0.25) is 67.1 Å². The third-order valence-electron chi connectivity index (χ3n) is 25.0. The van der Waals surface area contributed by atoms with Crippen molar-refractivity contribution in [1.29, 1.82) is 0 Å². The standard InChI is InChI=1S/C27H32FN3O4.C23H29FN4O4.C23H30FN3O3.C22H27FN4O4/c1-13-7-19(5-6-20(13)28)29-25(34)21-14(2)22(31(4)15(21)3)24(33)26(35)30-27-10-16-8-17(11-27)23(32)18(9-16)12-27;1-11(2)18(22(31)25-6)27-23(32)20(29)19-13(4)17(14(5)28(19)7)21(30)26-15-8-9-16(24)12(3)10-15;1-8-23(5,6)12-25-22(30)20(28)19-14(3)18(15(4)27(19)7)21(29)26-16-9-10-17(24)13(2)11-16;1-10(2)17(20(24)29)26-22(31)19(28)18-12(4)16(13(5)27(18)6)21(30)25-14-7-8-15(23)11(3)9-14/h5-7,16-18,23,32H,8-12H2,1-4H3,(H,29,34)(H,30,35);8-11,18H,1-7H3,(H,25,31)(H,26,30)(H,27,32);9-11H,8,12H2,1-7H3,(H,25,30)(H,26,29);7-10,17H,1-6H3,(H2,24,29)(H,25,30)(H,26,31)/t;18-;;17-/m.1.1/s1. The van der Waals surface area contributed by atoms with E-state index in [0.29, 0.717) is 126 Å². The molecule has 12 N–H and O–H groups in total. The highest BCUT2D eigenvalue weighted by molar-refractivity contribution is 6.45. The van der Waals surface area contributed by atoms with Crippen LogP contribution in [0.15, 0.2) is 72.8 Å². The number of amides is 10. The van der Waals surface area contributed by atoms with Gasteiger partial charge in [0.15, 0.2) is 0 Å². The number of carbonyl (C=O) groups excluding carboxylic acids is 14. The molecular weight excluding hydrogens is 1650 g/mol. The van der Waals surface area contributed by atoms with Gasteiger partial charge in [-0.25, -0.2) is 17.6 Å². The molecule has 0 radical (unpaired) electrons. The van der Waals surface area contributed by atoms with Crippen molar-refractivity contribution >= 4 is 105 Å². The normalized spacial score (nSPS) is 16.3. The quantitative estimate of drug-likeness (QED) is 0.0136. The van der Waals surface area contributed by atoms with Crippen molar-refractivity contribution in [2.75, 3.05) is 34.9 Å². The number of aryl methyl sites for hydroxylation is 4. The Morgan fingerprint density at radius 3 is 0.992 bits per heavy atom. The van der Waals surface area contributed by atoms with Crippen LogP contribution in [-0.4, -0.2) is 143 Å². The minimum Gasteiger partial charge on any atom is -0.393 e. The van der Waals surface area contributed by atoms with Crippen molar-refractivity contribution < 1.29 is 89.8 Å². The SMILES string of the molecule is CCC(C)(C)CNC(=O)C(=O)c1c(C)c(C(=O)Nc2ccc(F)c(C)c2)c(C)n1C.CNC(=O)[C@H](NC(=O)C(=O)c1c(C)c(C(=O)Nc2ccc(F)c(C)c2)c(C)n1C)C(C)C.Cc1cc(NC(=O)c2c(C)c(C(=O)C(=O)NC34CC5CC(C3)C(O)C(C5)C4)n(C)c2C)ccc1F.Cc1cc(NC(=O)c2c(C)c(C(=O)C(=O)N[C@@H](C(N)=O)C(C)C)n(C)c2C)ccc1F. The number of nitrogens with two attached hydrogens (primary N) is 1. The molecule has 29 nitrogen and oxygen atoms in total. The second-order valence-electron chi connectivity index (χ2n) is 35.3. The van der Waals surface area contributed by atoms with Gasteiger partial charge in [-0.05, 0) is 274 Å². The summed E-state index contributed by atoms with van der Waals surface area (Å²) in [6.45, 7) is 32.9. The van der Waals surface area contributed by atoms with Crippen LogP contribution in [0.4, 0.5) is 40.3 Å². The molecule has 10 amide bonds. The molecule has 8 aromatic rings. The lowest BCUT2D eigenvalue weighted by Crippen LogP contribution is -2.64. The predicted molar refractivity (Wildman–Crippen MR) is 478 cm³/mol. The maximum atomic E-state index is 13.6. The average molecular weight is 1770 g/mol. The molecule has 2 unspecified atom stereocenters. The van der Waals surface area contributed by atoms with Crippen molar-refractivity contribution in [1.82, 2.24) is 44.9 Å². The first-order valence-electron chi connectivity index (χ1n) is 42.2. The van der Waals surface area contributed by atoms with E-state index in [2.05, 4.69) is 47.9 Å². The number of aliphatic hydroxyl groups is 1. The Hall–Kier alpha value is -12.9. The zero-order valence-electron chi connectivity index (χ0n) is 77.0. The van der Waals surface area contributed by atoms with Crippen LogP contribution in [0.3, 0.4) is 0 Å². The summed E-state index contributed by atoms with van der Waals surface area (Å²) in [6.07, 6.45) is 4.79. The summed E-state index contributed by atoms with van der Waals surface area (Å²) in [5, 5.41) is 34.5. The molecule has 33 heteroatoms. The lowest BCUT2D eigenvalue weighted by Gasteiger charge is -2.58. The largest absolute Gasteiger partial charge is 0.393 e. The summed E-state index contributed by atoms with van der Waals surface area (Å²) in [5.74, 6) is -10.5. The van der Waals surface area contributed by atoms with Crippen molar-refractivity contribution in [2.45, 2.75) is 194 Å². The van der Waals surface area contributed by atoms with Crippen molar-refractivity contribution in [2.24, 2.45) is 68.9 Å². The minimum absolute atomic E-state index is 0.0300. The Balaban J connectivity index is 0.000000211. The molecule has 4 atom stereocenters. The number of hydrogen-bond donors (Lipinski definition) is 11. The average Bonchev–Trinajstić information content (AvgIpc) is 1.69. The van der Waals surface area contributed by atoms with Gasteiger partial charge in [0.2, 0.25) is 11.8 Å². The number of nitrogens with zero attached hydrogens (tertiary/aromatic N) is 4. The number of carbonyl (C=O) groups is 14. The summed E-state index contributed by atoms with van der Waals surface area (Å²) >= 11 is 0. The molecule has 4 bridgehead atoms. The number of rotatable bonds is 26. The Morgan fingerprint density at radius 1 is 0.445 bits per heavy atom. The van der Waals surface area contributed by atoms with E-state index in [4.69, 9.17) is 5.73 Å². The molecule has 4 heterocycles. The van der Waals surface area contributed by atoms with Gasteiger partial charge < -0.3 is 77.0 Å². The Kier molecular flexibility index (Phi) is 32.0. The molecule has 4 aromatic carbocycles. The van der Waals surface area contributed by atoms with E-state index in [1.807, 2.05) is 20.8 Å². The smallest absolute Gasteiger partial charge is 0.294 e. The zero-order chi connectivity index (χ0) is 96.0. The summed E-state index contributed by atoms with van der Waals surface area (Å²) in [4.78, 5) is 178. The maximum Gasteiger partial charge on any atom is 0.294 e. The second-order valence-corrected chi connectivity index (χ2v) is 35.3. The number of anilines is 4. The van der Waals surface area contributed by atoms with Crippen LogP contribution in [-0.2, 0) is 57.0 Å². The van der Waals surface area contributed by atoms with Crippen LogP contribution >= 0.6 is 0 Å². The first kappa shape index (κ1) is 100. The molecule has 0 spiro atoms. The molecule has 4 fully saturated rings. The van der Waals surface area contributed by atoms with Crippen molar-refractivity contribution in [3.8, 4) is 0 Å². The number of nitrogens with one attached hydrogen (secondary N) is 9. The van der Waals surface area contributed by atoms with E-state index >= 15 is 0 Å². The summed E-state index contributed by atoms with van der Waals surface area (Å²) < 4.78 is 60.1. The number of halogens is 4. The molecular formula is C95H118F4N14O15. The third-order valence-corrected chi connectivity index (χ3v) is 25.0. The number of primary amides is 1. The van der Waals surface area contributed by atoms with Gasteiger partial charge in [-0.15, -0.1) is 0 Å². The highest BCUT2D eigenvalue weighted by atomic mass is 19.1. The lowest BCUT2D eigenvalue weighted by atomic mass is 9.51. The molecule has 686 valence electrons. The van der Waals surface area contributed by atoms with Crippen LogP contribution in [0.1, 0.15) is 238 Å². The van der Waals surface area contributed by atoms with Gasteiger partial charge in [0.1, 0.15) is 35.4 Å². The monoisotopic (exact) mass is 1770 g/mol. The van der Waals surface area contributed by atoms with Crippen molar-refractivity contribution in [3.63, 3.8) is 0 Å². The fraction of sp³-hybridized carbons (Fsp3) is 0.432. The molecule has 12 rings (SSSR count). The first-order chi connectivity index (χ1) is 59.6. The zero-order valence-corrected chi connectivity index (χ0v) is 77.0. The molecule has 4 aromatic heterocycles. The van der Waals surface area contributed by atoms with Gasteiger partial charge in [0.05, 0.1) is 51.1 Å². The molecule has 128 heavy (non-hydrogen) atoms. The molecule has 0 aliphatic heterocycles.